The predicted molar refractivity (Wildman–Crippen MR) is 50.6 cm³/mol. The van der Waals surface area contributed by atoms with E-state index < -0.39 is 0 Å². The normalized spacial score (nSPS) is 10.1. The van der Waals surface area contributed by atoms with Gasteiger partial charge in [0.1, 0.15) is 5.82 Å². The number of aromatic nitrogens is 3. The Morgan fingerprint density at radius 2 is 2.36 bits per heavy atom. The van der Waals surface area contributed by atoms with Crippen molar-refractivity contribution in [3.8, 4) is 0 Å². The molecule has 2 rings (SSSR count). The first kappa shape index (κ1) is 8.68. The summed E-state index contributed by atoms with van der Waals surface area (Å²) in [6.07, 6.45) is 3.05. The van der Waals surface area contributed by atoms with E-state index in [2.05, 4.69) is 25.0 Å². The number of rotatable bonds is 3. The molecule has 0 atom stereocenters. The third kappa shape index (κ3) is 1.87. The second-order valence-corrected chi connectivity index (χ2v) is 2.87. The molecule has 0 bridgehead atoms. The van der Waals surface area contributed by atoms with Gasteiger partial charge < -0.3 is 9.84 Å². The van der Waals surface area contributed by atoms with Gasteiger partial charge in [-0.25, -0.2) is 4.98 Å². The molecule has 0 fully saturated rings. The zero-order valence-corrected chi connectivity index (χ0v) is 7.77. The van der Waals surface area contributed by atoms with Crippen LogP contribution in [0.1, 0.15) is 11.4 Å². The molecular weight excluding hydrogens is 180 g/mol. The first-order valence-electron chi connectivity index (χ1n) is 4.27. The highest BCUT2D eigenvalue weighted by Crippen LogP contribution is 2.09. The van der Waals surface area contributed by atoms with Gasteiger partial charge in [0.2, 0.25) is 6.39 Å². The molecule has 0 aliphatic rings. The average Bonchev–Trinajstić information content (AvgIpc) is 2.69. The molecule has 5 heteroatoms. The van der Waals surface area contributed by atoms with Gasteiger partial charge >= 0.3 is 0 Å². The summed E-state index contributed by atoms with van der Waals surface area (Å²) in [5.41, 5.74) is 1.09. The van der Waals surface area contributed by atoms with E-state index in [-0.39, 0.29) is 0 Å². The number of pyridine rings is 1. The summed E-state index contributed by atoms with van der Waals surface area (Å²) in [6, 6.07) is 3.89. The molecule has 0 unspecified atom stereocenters. The maximum Gasteiger partial charge on any atom is 0.213 e. The van der Waals surface area contributed by atoms with E-state index in [0.717, 1.165) is 11.4 Å². The van der Waals surface area contributed by atoms with E-state index in [1.807, 2.05) is 19.1 Å². The maximum absolute atomic E-state index is 4.61. The molecule has 0 radical (unpaired) electrons. The Labute approximate surface area is 81.2 Å². The van der Waals surface area contributed by atoms with Crippen LogP contribution in [0.25, 0.3) is 0 Å². The fraction of sp³-hybridized carbons (Fsp3) is 0.222. The van der Waals surface area contributed by atoms with Gasteiger partial charge in [-0.05, 0) is 18.6 Å². The molecule has 14 heavy (non-hydrogen) atoms. The highest BCUT2D eigenvalue weighted by molar-refractivity contribution is 5.42. The molecule has 1 N–H and O–H groups in total. The second-order valence-electron chi connectivity index (χ2n) is 2.87. The van der Waals surface area contributed by atoms with E-state index in [0.29, 0.717) is 12.4 Å². The number of nitrogens with zero attached hydrogens (tertiary/aromatic N) is 3. The van der Waals surface area contributed by atoms with Crippen LogP contribution in [-0.2, 0) is 6.54 Å². The number of hydrogen-bond donors (Lipinski definition) is 1. The van der Waals surface area contributed by atoms with Crippen molar-refractivity contribution in [2.45, 2.75) is 13.5 Å². The summed E-state index contributed by atoms with van der Waals surface area (Å²) >= 11 is 0. The molecular formula is C9H10N4O. The lowest BCUT2D eigenvalue weighted by molar-refractivity contribution is 0.411. The van der Waals surface area contributed by atoms with Crippen molar-refractivity contribution in [2.75, 3.05) is 5.32 Å². The van der Waals surface area contributed by atoms with Gasteiger partial charge in [0, 0.05) is 6.20 Å². The SMILES string of the molecule is Cc1cccnc1NCc1ncon1. The molecule has 0 saturated carbocycles. The van der Waals surface area contributed by atoms with Crippen molar-refractivity contribution in [3.63, 3.8) is 0 Å². The molecule has 0 aromatic carbocycles. The number of anilines is 1. The van der Waals surface area contributed by atoms with Gasteiger partial charge in [-0.15, -0.1) is 0 Å². The molecule has 0 aliphatic carbocycles. The minimum Gasteiger partial charge on any atom is -0.362 e. The van der Waals surface area contributed by atoms with E-state index in [1.165, 1.54) is 6.39 Å². The Bertz CT molecular complexity index is 399. The lowest BCUT2D eigenvalue weighted by Gasteiger charge is -2.04. The van der Waals surface area contributed by atoms with Crippen LogP contribution in [-0.4, -0.2) is 15.1 Å². The zero-order valence-electron chi connectivity index (χ0n) is 7.77. The summed E-state index contributed by atoms with van der Waals surface area (Å²) in [5.74, 6) is 1.47. The van der Waals surface area contributed by atoms with Gasteiger partial charge in [0.25, 0.3) is 0 Å². The first-order valence-corrected chi connectivity index (χ1v) is 4.27. The minimum absolute atomic E-state index is 0.522. The molecule has 0 saturated heterocycles. The van der Waals surface area contributed by atoms with Crippen molar-refractivity contribution < 1.29 is 4.52 Å². The molecule has 0 aliphatic heterocycles. The summed E-state index contributed by atoms with van der Waals surface area (Å²) in [6.45, 7) is 2.51. The van der Waals surface area contributed by atoms with Crippen molar-refractivity contribution in [1.29, 1.82) is 0 Å². The third-order valence-electron chi connectivity index (χ3n) is 1.83. The molecule has 0 spiro atoms. The van der Waals surface area contributed by atoms with Crippen molar-refractivity contribution in [3.05, 3.63) is 36.1 Å². The van der Waals surface area contributed by atoms with Gasteiger partial charge in [0.05, 0.1) is 6.54 Å². The van der Waals surface area contributed by atoms with Crippen LogP contribution >= 0.6 is 0 Å². The fourth-order valence-corrected chi connectivity index (χ4v) is 1.10. The van der Waals surface area contributed by atoms with E-state index in [1.54, 1.807) is 6.20 Å². The predicted octanol–water partition coefficient (Wildman–Crippen LogP) is 1.39. The molecule has 72 valence electrons. The Morgan fingerprint density at radius 3 is 3.07 bits per heavy atom. The summed E-state index contributed by atoms with van der Waals surface area (Å²) in [4.78, 5) is 8.07. The van der Waals surface area contributed by atoms with E-state index >= 15 is 0 Å². The monoisotopic (exact) mass is 190 g/mol. The Kier molecular flexibility index (Phi) is 2.40. The topological polar surface area (TPSA) is 63.8 Å². The van der Waals surface area contributed by atoms with Crippen LogP contribution in [0.5, 0.6) is 0 Å². The van der Waals surface area contributed by atoms with Crippen LogP contribution < -0.4 is 5.32 Å². The number of hydrogen-bond acceptors (Lipinski definition) is 5. The van der Waals surface area contributed by atoms with Crippen molar-refractivity contribution in [2.24, 2.45) is 0 Å². The van der Waals surface area contributed by atoms with E-state index in [9.17, 15) is 0 Å². The molecule has 2 heterocycles. The quantitative estimate of drug-likeness (QED) is 0.792. The van der Waals surface area contributed by atoms with Gasteiger partial charge in [-0.2, -0.15) is 4.98 Å². The molecule has 2 aromatic heterocycles. The second kappa shape index (κ2) is 3.87. The maximum atomic E-state index is 4.61. The highest BCUT2D eigenvalue weighted by atomic mass is 16.5. The zero-order chi connectivity index (χ0) is 9.80. The highest BCUT2D eigenvalue weighted by Gasteiger charge is 2.00. The van der Waals surface area contributed by atoms with Crippen LogP contribution in [0.3, 0.4) is 0 Å². The largest absolute Gasteiger partial charge is 0.362 e. The fourth-order valence-electron chi connectivity index (χ4n) is 1.10. The lowest BCUT2D eigenvalue weighted by atomic mass is 10.3. The van der Waals surface area contributed by atoms with Crippen LogP contribution in [0.15, 0.2) is 29.2 Å². The number of aryl methyl sites for hydroxylation is 1. The smallest absolute Gasteiger partial charge is 0.213 e. The van der Waals surface area contributed by atoms with Crippen molar-refractivity contribution in [1.82, 2.24) is 15.1 Å². The lowest BCUT2D eigenvalue weighted by Crippen LogP contribution is -2.03. The minimum atomic E-state index is 0.522. The van der Waals surface area contributed by atoms with E-state index in [4.69, 9.17) is 0 Å². The molecule has 0 amide bonds. The third-order valence-corrected chi connectivity index (χ3v) is 1.83. The Morgan fingerprint density at radius 1 is 1.43 bits per heavy atom. The average molecular weight is 190 g/mol. The first-order chi connectivity index (χ1) is 6.86. The standard InChI is InChI=1S/C9H10N4O/c1-7-3-2-4-10-9(7)11-5-8-12-6-14-13-8/h2-4,6H,5H2,1H3,(H,10,11). The number of nitrogens with one attached hydrogen (secondary N) is 1. The van der Waals surface area contributed by atoms with Crippen LogP contribution in [0.2, 0.25) is 0 Å². The van der Waals surface area contributed by atoms with Crippen LogP contribution in [0.4, 0.5) is 5.82 Å². The Balaban J connectivity index is 2.02. The summed E-state index contributed by atoms with van der Waals surface area (Å²) in [5, 5.41) is 6.80. The van der Waals surface area contributed by atoms with Gasteiger partial charge in [-0.3, -0.25) is 0 Å². The van der Waals surface area contributed by atoms with Crippen molar-refractivity contribution >= 4 is 5.82 Å². The summed E-state index contributed by atoms with van der Waals surface area (Å²) < 4.78 is 4.61. The van der Waals surface area contributed by atoms with Crippen LogP contribution in [0, 0.1) is 6.92 Å². The van der Waals surface area contributed by atoms with Gasteiger partial charge in [0.15, 0.2) is 5.82 Å². The Hall–Kier alpha value is -1.91. The molecule has 5 nitrogen and oxygen atoms in total. The van der Waals surface area contributed by atoms with Gasteiger partial charge in [-0.1, -0.05) is 11.2 Å². The summed E-state index contributed by atoms with van der Waals surface area (Å²) in [7, 11) is 0. The molecule has 2 aromatic rings.